The fourth-order valence-electron chi connectivity index (χ4n) is 1.17. The first-order chi connectivity index (χ1) is 8.96. The highest BCUT2D eigenvalue weighted by atomic mass is 16.7. The molecule has 0 saturated heterocycles. The molecule has 0 spiro atoms. The zero-order valence-corrected chi connectivity index (χ0v) is 12.5. The van der Waals surface area contributed by atoms with E-state index in [0.717, 1.165) is 18.2 Å². The Kier molecular flexibility index (Phi) is 8.08. The monoisotopic (exact) mass is 268 g/mol. The minimum atomic E-state index is 0.428. The quantitative estimate of drug-likeness (QED) is 0.794. The van der Waals surface area contributed by atoms with Crippen molar-refractivity contribution in [3.8, 4) is 0 Å². The normalized spacial score (nSPS) is 15.9. The van der Waals surface area contributed by atoms with Crippen LogP contribution in [0.25, 0.3) is 0 Å². The Bertz CT molecular complexity index is 375. The predicted octanol–water partition coefficient (Wildman–Crippen LogP) is 2.97. The number of aliphatic imine (C=N–C) groups is 1. The summed E-state index contributed by atoms with van der Waals surface area (Å²) in [7, 11) is 0. The van der Waals surface area contributed by atoms with Gasteiger partial charge in [0.25, 0.3) is 0 Å². The number of amidine groups is 2. The highest BCUT2D eigenvalue weighted by Crippen LogP contribution is 2.12. The minimum Gasteiger partial charge on any atom is -0.361 e. The number of nitrogens with one attached hydrogen (secondary N) is 1. The van der Waals surface area contributed by atoms with Crippen molar-refractivity contribution < 1.29 is 9.68 Å². The summed E-state index contributed by atoms with van der Waals surface area (Å²) in [4.78, 5) is 15.1. The number of hydroxylamine groups is 1. The van der Waals surface area contributed by atoms with Gasteiger partial charge in [0.1, 0.15) is 11.7 Å². The molecule has 108 valence electrons. The first-order valence-electron chi connectivity index (χ1n) is 6.31. The van der Waals surface area contributed by atoms with Gasteiger partial charge < -0.3 is 9.68 Å². The Balaban J connectivity index is 0.000000289. The van der Waals surface area contributed by atoms with Gasteiger partial charge in [0, 0.05) is 6.54 Å². The molecule has 0 aromatic heterocycles. The Hall–Kier alpha value is -1.98. The van der Waals surface area contributed by atoms with Crippen LogP contribution in [-0.4, -0.2) is 23.1 Å². The number of oxime groups is 1. The summed E-state index contributed by atoms with van der Waals surface area (Å²) >= 11 is 0. The van der Waals surface area contributed by atoms with Gasteiger partial charge in [-0.3, -0.25) is 4.90 Å². The standard InChI is InChI=1S/C6H10N2O.C4H6N2O.C3H8/c1-4-8-5(2)7-9-6(8)3;1-3-5-4(2)7-6-3;1-3-2/h3-4H2,1-2H3;2H2,1H3,(H,5,6);3H2,1-2H3. The molecule has 2 rings (SSSR count). The molecular formula is C13H24N4O2. The fourth-order valence-corrected chi connectivity index (χ4v) is 1.17. The summed E-state index contributed by atoms with van der Waals surface area (Å²) in [5.41, 5.74) is 2.52. The summed E-state index contributed by atoms with van der Waals surface area (Å²) in [6.07, 6.45) is 1.25. The molecule has 2 heterocycles. The third-order valence-electron chi connectivity index (χ3n) is 1.90. The molecule has 0 unspecified atom stereocenters. The van der Waals surface area contributed by atoms with E-state index in [4.69, 9.17) is 4.84 Å². The van der Waals surface area contributed by atoms with E-state index < -0.39 is 0 Å². The van der Waals surface area contributed by atoms with E-state index in [1.807, 2.05) is 18.7 Å². The van der Waals surface area contributed by atoms with Crippen molar-refractivity contribution >= 4 is 11.7 Å². The Morgan fingerprint density at radius 3 is 1.95 bits per heavy atom. The zero-order chi connectivity index (χ0) is 14.8. The summed E-state index contributed by atoms with van der Waals surface area (Å²) < 4.78 is 0. The lowest BCUT2D eigenvalue weighted by atomic mass is 10.5. The summed E-state index contributed by atoms with van der Waals surface area (Å²) in [6, 6.07) is 0. The Morgan fingerprint density at radius 2 is 1.79 bits per heavy atom. The fraction of sp³-hybridized carbons (Fsp3) is 0.538. The van der Waals surface area contributed by atoms with Gasteiger partial charge in [0.15, 0.2) is 0 Å². The van der Waals surface area contributed by atoms with E-state index >= 15 is 0 Å². The van der Waals surface area contributed by atoms with Gasteiger partial charge in [-0.05, 0) is 33.9 Å². The second-order valence-electron chi connectivity index (χ2n) is 3.87. The molecule has 0 amide bonds. The zero-order valence-electron chi connectivity index (χ0n) is 12.5. The van der Waals surface area contributed by atoms with E-state index in [-0.39, 0.29) is 0 Å². The van der Waals surface area contributed by atoms with Crippen molar-refractivity contribution in [3.63, 3.8) is 0 Å². The molecule has 0 atom stereocenters. The van der Waals surface area contributed by atoms with E-state index in [1.165, 1.54) is 6.42 Å². The topological polar surface area (TPSA) is 58.5 Å². The SMILES string of the molecule is C=C1N=C(C)NO1.C=C1ON=C(C)N1CC.CCC. The molecule has 6 nitrogen and oxygen atoms in total. The number of nitrogens with zero attached hydrogens (tertiary/aromatic N) is 3. The van der Waals surface area contributed by atoms with Crippen molar-refractivity contribution in [2.75, 3.05) is 6.54 Å². The molecular weight excluding hydrogens is 244 g/mol. The first-order valence-corrected chi connectivity index (χ1v) is 6.31. The highest BCUT2D eigenvalue weighted by Gasteiger charge is 2.16. The third kappa shape index (κ3) is 6.49. The maximum Gasteiger partial charge on any atom is 0.240 e. The van der Waals surface area contributed by atoms with Crippen LogP contribution in [0, 0.1) is 0 Å². The maximum absolute atomic E-state index is 4.79. The smallest absolute Gasteiger partial charge is 0.240 e. The van der Waals surface area contributed by atoms with Gasteiger partial charge in [-0.1, -0.05) is 25.4 Å². The van der Waals surface area contributed by atoms with Crippen LogP contribution in [0.3, 0.4) is 0 Å². The maximum atomic E-state index is 4.79. The van der Waals surface area contributed by atoms with Crippen molar-refractivity contribution in [1.82, 2.24) is 10.4 Å². The predicted molar refractivity (Wildman–Crippen MR) is 78.1 cm³/mol. The summed E-state index contributed by atoms with van der Waals surface area (Å²) in [5.74, 6) is 2.68. The molecule has 6 heteroatoms. The molecule has 0 bridgehead atoms. The molecule has 1 N–H and O–H groups in total. The average Bonchev–Trinajstić information content (AvgIpc) is 2.87. The van der Waals surface area contributed by atoms with Crippen LogP contribution in [0.4, 0.5) is 0 Å². The van der Waals surface area contributed by atoms with Gasteiger partial charge in [-0.15, -0.1) is 0 Å². The van der Waals surface area contributed by atoms with E-state index in [9.17, 15) is 0 Å². The summed E-state index contributed by atoms with van der Waals surface area (Å²) in [6.45, 7) is 17.9. The number of hydrogen-bond acceptors (Lipinski definition) is 6. The van der Waals surface area contributed by atoms with Gasteiger partial charge in [0.05, 0.1) is 0 Å². The van der Waals surface area contributed by atoms with Crippen LogP contribution in [0.15, 0.2) is 35.1 Å². The van der Waals surface area contributed by atoms with Crippen LogP contribution >= 0.6 is 0 Å². The lowest BCUT2D eigenvalue weighted by Gasteiger charge is -2.11. The molecule has 0 aromatic rings. The Morgan fingerprint density at radius 1 is 1.21 bits per heavy atom. The van der Waals surface area contributed by atoms with E-state index in [1.54, 1.807) is 6.92 Å². The highest BCUT2D eigenvalue weighted by molar-refractivity contribution is 5.81. The van der Waals surface area contributed by atoms with Crippen LogP contribution in [-0.2, 0) is 9.68 Å². The molecule has 2 aliphatic rings. The molecule has 19 heavy (non-hydrogen) atoms. The second kappa shape index (κ2) is 9.02. The molecule has 0 saturated carbocycles. The summed E-state index contributed by atoms with van der Waals surface area (Å²) in [5, 5.41) is 3.71. The largest absolute Gasteiger partial charge is 0.361 e. The van der Waals surface area contributed by atoms with Crippen LogP contribution in [0.2, 0.25) is 0 Å². The Labute approximate surface area is 115 Å². The van der Waals surface area contributed by atoms with Crippen molar-refractivity contribution in [2.45, 2.75) is 41.0 Å². The minimum absolute atomic E-state index is 0.428. The van der Waals surface area contributed by atoms with Crippen LogP contribution < -0.4 is 5.48 Å². The molecule has 0 fully saturated rings. The van der Waals surface area contributed by atoms with Gasteiger partial charge in [0.2, 0.25) is 11.8 Å². The lowest BCUT2D eigenvalue weighted by Crippen LogP contribution is -2.22. The van der Waals surface area contributed by atoms with E-state index in [0.29, 0.717) is 11.8 Å². The number of hydrogen-bond donors (Lipinski definition) is 1. The van der Waals surface area contributed by atoms with Gasteiger partial charge in [-0.2, -0.15) is 4.99 Å². The van der Waals surface area contributed by atoms with Crippen molar-refractivity contribution in [3.05, 3.63) is 24.9 Å². The van der Waals surface area contributed by atoms with Crippen LogP contribution in [0.1, 0.15) is 41.0 Å². The van der Waals surface area contributed by atoms with Crippen molar-refractivity contribution in [1.29, 1.82) is 0 Å². The lowest BCUT2D eigenvalue weighted by molar-refractivity contribution is 0.178. The first kappa shape index (κ1) is 17.0. The molecule has 0 aliphatic carbocycles. The van der Waals surface area contributed by atoms with E-state index in [2.05, 4.69) is 47.5 Å². The van der Waals surface area contributed by atoms with Crippen LogP contribution in [0.5, 0.6) is 0 Å². The third-order valence-corrected chi connectivity index (χ3v) is 1.90. The van der Waals surface area contributed by atoms with Crippen molar-refractivity contribution in [2.24, 2.45) is 10.1 Å². The average molecular weight is 268 g/mol. The second-order valence-corrected chi connectivity index (χ2v) is 3.87. The van der Waals surface area contributed by atoms with Gasteiger partial charge >= 0.3 is 0 Å². The molecule has 2 aliphatic heterocycles. The molecule has 0 aromatic carbocycles. The number of rotatable bonds is 1. The molecule has 0 radical (unpaired) electrons. The van der Waals surface area contributed by atoms with Gasteiger partial charge in [-0.25, -0.2) is 5.48 Å².